The first kappa shape index (κ1) is 27.1. The fraction of sp³-hybridized carbons (Fsp3) is 0.429. The summed E-state index contributed by atoms with van der Waals surface area (Å²) in [6, 6.07) is 40.6. The maximum absolute atomic E-state index is 6.87. The third-order valence-electron chi connectivity index (χ3n) is 12.3. The van der Waals surface area contributed by atoms with Crippen LogP contribution in [0.5, 0.6) is 0 Å². The minimum Gasteiger partial charge on any atom is -0.372 e. The molecule has 0 bridgehead atoms. The number of hydrogen-bond acceptors (Lipinski definition) is 2. The lowest BCUT2D eigenvalue weighted by atomic mass is 9.68. The molecule has 5 aliphatic rings. The fourth-order valence-corrected chi connectivity index (χ4v) is 10.3. The number of benzene rings is 4. The highest BCUT2D eigenvalue weighted by Gasteiger charge is 2.59. The predicted molar refractivity (Wildman–Crippen MR) is 181 cm³/mol. The molecule has 2 aliphatic heterocycles. The van der Waals surface area contributed by atoms with Crippen LogP contribution in [0.3, 0.4) is 0 Å². The van der Waals surface area contributed by atoms with E-state index in [1.165, 1.54) is 97.6 Å². The average Bonchev–Trinajstić information content (AvgIpc) is 3.44. The molecule has 0 radical (unpaired) electrons. The van der Waals surface area contributed by atoms with Gasteiger partial charge in [0.15, 0.2) is 0 Å². The van der Waals surface area contributed by atoms with Crippen LogP contribution in [0.4, 0.5) is 0 Å². The van der Waals surface area contributed by atoms with E-state index in [-0.39, 0.29) is 0 Å². The van der Waals surface area contributed by atoms with E-state index in [0.29, 0.717) is 30.2 Å². The first-order chi connectivity index (χ1) is 21.8. The summed E-state index contributed by atoms with van der Waals surface area (Å²) in [6.45, 7) is 0. The second-order valence-corrected chi connectivity index (χ2v) is 14.5. The first-order valence-corrected chi connectivity index (χ1v) is 17.6. The molecule has 224 valence electrons. The summed E-state index contributed by atoms with van der Waals surface area (Å²) < 4.78 is 6.87. The standard InChI is InChI=1S/C42H45NO/c1-2-9-28(10-3-1)31-11-6-13-33(25-31)34-14-7-12-32(26-34)29-19-21-30(22-20-29)35-23-24-38-37(27-35)36-15-8-18-41-42(36)43(38)39-16-4-5-17-40(39)44-41/h1-3,6-7,9-14,19-22,25-26,35-42H,4-5,8,15-18,23-24,27H2. The van der Waals surface area contributed by atoms with E-state index in [1.54, 1.807) is 5.56 Å². The average molecular weight is 580 g/mol. The van der Waals surface area contributed by atoms with Crippen LogP contribution in [0, 0.1) is 11.8 Å². The summed E-state index contributed by atoms with van der Waals surface area (Å²) in [5.74, 6) is 2.41. The van der Waals surface area contributed by atoms with Gasteiger partial charge in [-0.1, -0.05) is 110 Å². The van der Waals surface area contributed by atoms with Crippen molar-refractivity contribution in [3.05, 3.63) is 109 Å². The largest absolute Gasteiger partial charge is 0.372 e. The monoisotopic (exact) mass is 579 g/mol. The van der Waals surface area contributed by atoms with Crippen molar-refractivity contribution in [1.29, 1.82) is 0 Å². The Morgan fingerprint density at radius 3 is 1.86 bits per heavy atom. The minimum atomic E-state index is 0.507. The zero-order valence-corrected chi connectivity index (χ0v) is 25.9. The molecular formula is C42H45NO. The van der Waals surface area contributed by atoms with E-state index < -0.39 is 0 Å². The highest BCUT2D eigenvalue weighted by Crippen LogP contribution is 2.56. The van der Waals surface area contributed by atoms with Gasteiger partial charge in [-0.3, -0.25) is 4.90 Å². The predicted octanol–water partition coefficient (Wildman–Crippen LogP) is 10.1. The van der Waals surface area contributed by atoms with Crippen LogP contribution in [0.2, 0.25) is 0 Å². The van der Waals surface area contributed by atoms with Crippen molar-refractivity contribution in [2.24, 2.45) is 11.8 Å². The molecule has 0 amide bonds. The van der Waals surface area contributed by atoms with E-state index in [9.17, 15) is 0 Å². The van der Waals surface area contributed by atoms with E-state index in [2.05, 4.69) is 108 Å². The topological polar surface area (TPSA) is 12.5 Å². The summed E-state index contributed by atoms with van der Waals surface area (Å²) in [6.07, 6.45) is 14.6. The second kappa shape index (κ2) is 11.3. The molecule has 4 aromatic carbocycles. The van der Waals surface area contributed by atoms with E-state index >= 15 is 0 Å². The van der Waals surface area contributed by atoms with Crippen LogP contribution in [0.25, 0.3) is 33.4 Å². The number of morpholine rings is 1. The van der Waals surface area contributed by atoms with Gasteiger partial charge in [-0.2, -0.15) is 0 Å². The molecule has 3 saturated carbocycles. The van der Waals surface area contributed by atoms with Crippen molar-refractivity contribution in [2.75, 3.05) is 0 Å². The maximum Gasteiger partial charge on any atom is 0.0737 e. The van der Waals surface area contributed by atoms with Crippen LogP contribution in [-0.2, 0) is 4.74 Å². The highest BCUT2D eigenvalue weighted by molar-refractivity contribution is 5.77. The third-order valence-corrected chi connectivity index (χ3v) is 12.3. The lowest BCUT2D eigenvalue weighted by Crippen LogP contribution is -2.63. The van der Waals surface area contributed by atoms with Gasteiger partial charge in [0.2, 0.25) is 0 Å². The molecule has 2 saturated heterocycles. The Balaban J connectivity index is 0.938. The summed E-state index contributed by atoms with van der Waals surface area (Å²) in [4.78, 5) is 3.09. The molecule has 0 spiro atoms. The third kappa shape index (κ3) is 4.68. The zero-order chi connectivity index (χ0) is 29.0. The summed E-state index contributed by atoms with van der Waals surface area (Å²) in [7, 11) is 0. The number of hydrogen-bond donors (Lipinski definition) is 0. The SMILES string of the molecule is c1ccc(-c2cccc(-c3cccc(-c4ccc(C5CCC6C(C5)C5CCCC7OC8CCCCC8N6C75)cc4)c3)c2)cc1. The van der Waals surface area contributed by atoms with E-state index in [4.69, 9.17) is 4.74 Å². The first-order valence-electron chi connectivity index (χ1n) is 17.6. The molecule has 3 aliphatic carbocycles. The van der Waals surface area contributed by atoms with Gasteiger partial charge in [0.1, 0.15) is 0 Å². The Kier molecular flexibility index (Phi) is 6.97. The van der Waals surface area contributed by atoms with Crippen LogP contribution in [0.15, 0.2) is 103 Å². The fourth-order valence-electron chi connectivity index (χ4n) is 10.3. The molecule has 0 N–H and O–H groups in total. The van der Waals surface area contributed by atoms with Crippen molar-refractivity contribution in [3.8, 4) is 33.4 Å². The van der Waals surface area contributed by atoms with Gasteiger partial charge >= 0.3 is 0 Å². The maximum atomic E-state index is 6.87. The van der Waals surface area contributed by atoms with Gasteiger partial charge in [-0.05, 0) is 114 Å². The number of nitrogens with zero attached hydrogens (tertiary/aromatic N) is 1. The lowest BCUT2D eigenvalue weighted by Gasteiger charge is -2.53. The van der Waals surface area contributed by atoms with Crippen molar-refractivity contribution < 1.29 is 4.74 Å². The summed E-state index contributed by atoms with van der Waals surface area (Å²) in [5.41, 5.74) is 9.24. The van der Waals surface area contributed by atoms with Crippen LogP contribution in [-0.4, -0.2) is 35.2 Å². The van der Waals surface area contributed by atoms with E-state index in [0.717, 1.165) is 17.9 Å². The molecule has 2 heterocycles. The molecule has 0 aromatic heterocycles. The van der Waals surface area contributed by atoms with Crippen LogP contribution < -0.4 is 0 Å². The van der Waals surface area contributed by atoms with Crippen molar-refractivity contribution in [1.82, 2.24) is 4.90 Å². The van der Waals surface area contributed by atoms with Crippen molar-refractivity contribution >= 4 is 0 Å². The molecule has 2 nitrogen and oxygen atoms in total. The van der Waals surface area contributed by atoms with Gasteiger partial charge in [0.25, 0.3) is 0 Å². The normalized spacial score (nSPS) is 32.8. The zero-order valence-electron chi connectivity index (χ0n) is 25.9. The summed E-state index contributed by atoms with van der Waals surface area (Å²) >= 11 is 0. The Bertz CT molecular complexity index is 1610. The van der Waals surface area contributed by atoms with Gasteiger partial charge in [-0.25, -0.2) is 0 Å². The second-order valence-electron chi connectivity index (χ2n) is 14.5. The Hall–Kier alpha value is -3.20. The molecule has 8 unspecified atom stereocenters. The Morgan fingerprint density at radius 1 is 0.477 bits per heavy atom. The quantitative estimate of drug-likeness (QED) is 0.238. The smallest absolute Gasteiger partial charge is 0.0737 e. The molecule has 9 rings (SSSR count). The number of ether oxygens (including phenoxy) is 1. The van der Waals surface area contributed by atoms with Gasteiger partial charge in [-0.15, -0.1) is 0 Å². The lowest BCUT2D eigenvalue weighted by molar-refractivity contribution is -0.177. The molecule has 44 heavy (non-hydrogen) atoms. The number of fused-ring (bicyclic) bond motifs is 5. The molecule has 4 aromatic rings. The van der Waals surface area contributed by atoms with Gasteiger partial charge < -0.3 is 4.74 Å². The van der Waals surface area contributed by atoms with Crippen LogP contribution in [0.1, 0.15) is 75.7 Å². The Labute approximate surface area is 263 Å². The molecule has 5 fully saturated rings. The number of rotatable bonds is 4. The van der Waals surface area contributed by atoms with Crippen LogP contribution >= 0.6 is 0 Å². The molecular weight excluding hydrogens is 534 g/mol. The van der Waals surface area contributed by atoms with Crippen molar-refractivity contribution in [3.63, 3.8) is 0 Å². The summed E-state index contributed by atoms with van der Waals surface area (Å²) in [5, 5.41) is 0. The minimum absolute atomic E-state index is 0.507. The Morgan fingerprint density at radius 2 is 1.11 bits per heavy atom. The van der Waals surface area contributed by atoms with Gasteiger partial charge in [0.05, 0.1) is 12.2 Å². The highest BCUT2D eigenvalue weighted by atomic mass is 16.5. The van der Waals surface area contributed by atoms with Gasteiger partial charge in [0, 0.05) is 18.1 Å². The molecule has 2 heteroatoms. The van der Waals surface area contributed by atoms with Crippen molar-refractivity contribution in [2.45, 2.75) is 100 Å². The van der Waals surface area contributed by atoms with E-state index in [1.807, 2.05) is 0 Å². The molecule has 8 atom stereocenters.